The second kappa shape index (κ2) is 7.87. The fraction of sp³-hybridized carbons (Fsp3) is 0.533. The highest BCUT2D eigenvalue weighted by Crippen LogP contribution is 2.28. The summed E-state index contributed by atoms with van der Waals surface area (Å²) in [7, 11) is 3.46. The Morgan fingerprint density at radius 1 is 1.50 bits per heavy atom. The van der Waals surface area contributed by atoms with Crippen LogP contribution < -0.4 is 5.32 Å². The molecule has 1 aromatic carbocycles. The van der Waals surface area contributed by atoms with Crippen LogP contribution in [0.25, 0.3) is 0 Å². The normalized spacial score (nSPS) is 12.4. The van der Waals surface area contributed by atoms with Gasteiger partial charge in [-0.3, -0.25) is 9.69 Å². The molecule has 0 heterocycles. The van der Waals surface area contributed by atoms with Gasteiger partial charge in [-0.1, -0.05) is 12.1 Å². The number of aromatic hydroxyl groups is 1. The number of hydrogen-bond donors (Lipinski definition) is 2. The minimum absolute atomic E-state index is 0.0382. The fourth-order valence-corrected chi connectivity index (χ4v) is 1.96. The summed E-state index contributed by atoms with van der Waals surface area (Å²) in [6, 6.07) is 5.55. The number of phenolic OH excluding ortho intramolecular Hbond substituents is 1. The molecule has 2 N–H and O–H groups in total. The number of aryl methyl sites for hydroxylation is 1. The molecule has 0 aromatic heterocycles. The highest BCUT2D eigenvalue weighted by molar-refractivity contribution is 5.78. The highest BCUT2D eigenvalue weighted by atomic mass is 16.5. The Morgan fingerprint density at radius 3 is 2.80 bits per heavy atom. The van der Waals surface area contributed by atoms with Crippen LogP contribution in [-0.4, -0.2) is 49.8 Å². The minimum Gasteiger partial charge on any atom is -0.508 e. The van der Waals surface area contributed by atoms with E-state index in [-0.39, 0.29) is 24.2 Å². The molecule has 0 saturated carbocycles. The van der Waals surface area contributed by atoms with Crippen molar-refractivity contribution in [1.82, 2.24) is 10.2 Å². The molecule has 0 radical (unpaired) electrons. The van der Waals surface area contributed by atoms with Gasteiger partial charge in [-0.05, 0) is 32.5 Å². The molecule has 0 saturated heterocycles. The zero-order chi connectivity index (χ0) is 15.1. The maximum atomic E-state index is 11.7. The Balaban J connectivity index is 2.58. The SMILES string of the molecule is COCCNC(=O)CN(C)C(C)c1ccc(C)cc1O. The van der Waals surface area contributed by atoms with E-state index in [1.807, 2.05) is 37.9 Å². The van der Waals surface area contributed by atoms with Crippen LogP contribution in [0.1, 0.15) is 24.1 Å². The molecule has 1 rings (SSSR count). The van der Waals surface area contributed by atoms with Gasteiger partial charge in [0.1, 0.15) is 5.75 Å². The molecule has 0 aliphatic rings. The molecular formula is C15H24N2O3. The van der Waals surface area contributed by atoms with Crippen molar-refractivity contribution >= 4 is 5.91 Å². The summed E-state index contributed by atoms with van der Waals surface area (Å²) in [5.74, 6) is 0.215. The number of methoxy groups -OCH3 is 1. The number of nitrogens with zero attached hydrogens (tertiary/aromatic N) is 1. The average molecular weight is 280 g/mol. The van der Waals surface area contributed by atoms with Crippen LogP contribution in [0.15, 0.2) is 18.2 Å². The Morgan fingerprint density at radius 2 is 2.20 bits per heavy atom. The number of benzene rings is 1. The first-order chi connectivity index (χ1) is 9.45. The summed E-state index contributed by atoms with van der Waals surface area (Å²) in [4.78, 5) is 13.6. The third-order valence-electron chi connectivity index (χ3n) is 3.32. The third-order valence-corrected chi connectivity index (χ3v) is 3.32. The maximum Gasteiger partial charge on any atom is 0.234 e. The van der Waals surface area contributed by atoms with E-state index < -0.39 is 0 Å². The van der Waals surface area contributed by atoms with E-state index in [4.69, 9.17) is 4.74 Å². The van der Waals surface area contributed by atoms with Gasteiger partial charge in [-0.15, -0.1) is 0 Å². The monoisotopic (exact) mass is 280 g/mol. The smallest absolute Gasteiger partial charge is 0.234 e. The lowest BCUT2D eigenvalue weighted by Crippen LogP contribution is -2.37. The van der Waals surface area contributed by atoms with Gasteiger partial charge in [0.15, 0.2) is 0 Å². The van der Waals surface area contributed by atoms with Crippen LogP contribution in [0.5, 0.6) is 5.75 Å². The zero-order valence-corrected chi connectivity index (χ0v) is 12.6. The van der Waals surface area contributed by atoms with E-state index in [9.17, 15) is 9.90 Å². The number of rotatable bonds is 7. The van der Waals surface area contributed by atoms with Crippen LogP contribution in [0.4, 0.5) is 0 Å². The highest BCUT2D eigenvalue weighted by Gasteiger charge is 2.17. The fourth-order valence-electron chi connectivity index (χ4n) is 1.96. The average Bonchev–Trinajstić information content (AvgIpc) is 2.38. The standard InChI is InChI=1S/C15H24N2O3/c1-11-5-6-13(14(18)9-11)12(2)17(3)10-15(19)16-7-8-20-4/h5-6,9,12,18H,7-8,10H2,1-4H3,(H,16,19). The van der Waals surface area contributed by atoms with Crippen LogP contribution in [-0.2, 0) is 9.53 Å². The molecule has 5 nitrogen and oxygen atoms in total. The van der Waals surface area contributed by atoms with E-state index in [1.54, 1.807) is 13.2 Å². The number of nitrogens with one attached hydrogen (secondary N) is 1. The molecule has 1 unspecified atom stereocenters. The predicted octanol–water partition coefficient (Wildman–Crippen LogP) is 1.46. The van der Waals surface area contributed by atoms with E-state index in [2.05, 4.69) is 5.32 Å². The van der Waals surface area contributed by atoms with Crippen molar-refractivity contribution in [1.29, 1.82) is 0 Å². The van der Waals surface area contributed by atoms with Gasteiger partial charge in [0.2, 0.25) is 5.91 Å². The lowest BCUT2D eigenvalue weighted by atomic mass is 10.0. The summed E-state index contributed by atoms with van der Waals surface area (Å²) in [5, 5.41) is 12.8. The number of hydrogen-bond acceptors (Lipinski definition) is 4. The molecule has 0 aliphatic carbocycles. The van der Waals surface area contributed by atoms with Gasteiger partial charge in [-0.25, -0.2) is 0 Å². The van der Waals surface area contributed by atoms with Crippen molar-refractivity contribution in [3.8, 4) is 5.75 Å². The molecule has 5 heteroatoms. The third kappa shape index (κ3) is 4.83. The largest absolute Gasteiger partial charge is 0.508 e. The van der Waals surface area contributed by atoms with Gasteiger partial charge >= 0.3 is 0 Å². The van der Waals surface area contributed by atoms with Crippen molar-refractivity contribution < 1.29 is 14.6 Å². The topological polar surface area (TPSA) is 61.8 Å². The first kappa shape index (κ1) is 16.5. The van der Waals surface area contributed by atoms with Crippen molar-refractivity contribution in [2.24, 2.45) is 0 Å². The Hall–Kier alpha value is -1.59. The predicted molar refractivity (Wildman–Crippen MR) is 78.8 cm³/mol. The molecule has 0 aliphatic heterocycles. The van der Waals surface area contributed by atoms with Gasteiger partial charge < -0.3 is 15.2 Å². The molecule has 1 atom stereocenters. The number of carbonyl (C=O) groups excluding carboxylic acids is 1. The molecular weight excluding hydrogens is 256 g/mol. The van der Waals surface area contributed by atoms with Crippen molar-refractivity contribution in [2.75, 3.05) is 33.9 Å². The van der Waals surface area contributed by atoms with E-state index in [0.717, 1.165) is 11.1 Å². The first-order valence-corrected chi connectivity index (χ1v) is 6.71. The van der Waals surface area contributed by atoms with Crippen LogP contribution in [0.3, 0.4) is 0 Å². The summed E-state index contributed by atoms with van der Waals surface area (Å²) < 4.78 is 4.88. The van der Waals surface area contributed by atoms with Crippen LogP contribution >= 0.6 is 0 Å². The number of amides is 1. The lowest BCUT2D eigenvalue weighted by Gasteiger charge is -2.25. The van der Waals surface area contributed by atoms with E-state index in [1.165, 1.54) is 0 Å². The molecule has 1 amide bonds. The number of ether oxygens (including phenoxy) is 1. The zero-order valence-electron chi connectivity index (χ0n) is 12.6. The van der Waals surface area contributed by atoms with E-state index >= 15 is 0 Å². The molecule has 20 heavy (non-hydrogen) atoms. The number of carbonyl (C=O) groups is 1. The summed E-state index contributed by atoms with van der Waals surface area (Å²) >= 11 is 0. The Labute approximate surface area is 120 Å². The Kier molecular flexibility index (Phi) is 6.48. The van der Waals surface area contributed by atoms with Crippen LogP contribution in [0.2, 0.25) is 0 Å². The Bertz CT molecular complexity index is 449. The van der Waals surface area contributed by atoms with Crippen molar-refractivity contribution in [3.63, 3.8) is 0 Å². The van der Waals surface area contributed by atoms with Crippen LogP contribution in [0, 0.1) is 6.92 Å². The molecule has 0 spiro atoms. The van der Waals surface area contributed by atoms with Gasteiger partial charge in [0.25, 0.3) is 0 Å². The second-order valence-electron chi connectivity index (χ2n) is 5.00. The van der Waals surface area contributed by atoms with Gasteiger partial charge in [0.05, 0.1) is 13.2 Å². The molecule has 112 valence electrons. The summed E-state index contributed by atoms with van der Waals surface area (Å²) in [6.45, 7) is 5.18. The number of phenols is 1. The van der Waals surface area contributed by atoms with E-state index in [0.29, 0.717) is 13.2 Å². The summed E-state index contributed by atoms with van der Waals surface area (Å²) in [5.41, 5.74) is 1.83. The quantitative estimate of drug-likeness (QED) is 0.742. The number of likely N-dealkylation sites (N-methyl/N-ethyl adjacent to an activating group) is 1. The molecule has 1 aromatic rings. The molecule has 0 fully saturated rings. The van der Waals surface area contributed by atoms with Crippen molar-refractivity contribution in [2.45, 2.75) is 19.9 Å². The van der Waals surface area contributed by atoms with Crippen molar-refractivity contribution in [3.05, 3.63) is 29.3 Å². The molecule has 0 bridgehead atoms. The maximum absolute atomic E-state index is 11.7. The van der Waals surface area contributed by atoms with Gasteiger partial charge in [-0.2, -0.15) is 0 Å². The lowest BCUT2D eigenvalue weighted by molar-refractivity contribution is -0.122. The second-order valence-corrected chi connectivity index (χ2v) is 5.00. The minimum atomic E-state index is -0.0528. The van der Waals surface area contributed by atoms with Gasteiger partial charge in [0, 0.05) is 25.3 Å². The summed E-state index contributed by atoms with van der Waals surface area (Å²) in [6.07, 6.45) is 0. The first-order valence-electron chi connectivity index (χ1n) is 6.71.